The topological polar surface area (TPSA) is 63.1 Å². The van der Waals surface area contributed by atoms with Crippen molar-refractivity contribution in [3.63, 3.8) is 0 Å². The van der Waals surface area contributed by atoms with Gasteiger partial charge >= 0.3 is 5.97 Å². The van der Waals surface area contributed by atoms with E-state index < -0.39 is 5.97 Å². The molecule has 0 amide bonds. The van der Waals surface area contributed by atoms with Crippen molar-refractivity contribution < 1.29 is 9.90 Å². The molecule has 2 heterocycles. The largest absolute Gasteiger partial charge is 0.476 e. The molecule has 0 aromatic carbocycles. The summed E-state index contributed by atoms with van der Waals surface area (Å²) in [7, 11) is 0. The monoisotopic (exact) mass is 274 g/mol. The fourth-order valence-corrected chi connectivity index (χ4v) is 3.71. The molecule has 0 unspecified atom stereocenters. The molecule has 19 heavy (non-hydrogen) atoms. The van der Waals surface area contributed by atoms with Crippen molar-refractivity contribution in [2.24, 2.45) is 0 Å². The molecule has 2 fully saturated rings. The van der Waals surface area contributed by atoms with E-state index >= 15 is 0 Å². The average molecular weight is 274 g/mol. The van der Waals surface area contributed by atoms with Crippen molar-refractivity contribution in [2.45, 2.75) is 43.9 Å². The van der Waals surface area contributed by atoms with Crippen LogP contribution in [-0.2, 0) is 0 Å². The first-order chi connectivity index (χ1) is 9.24. The minimum absolute atomic E-state index is 0.218. The van der Waals surface area contributed by atoms with Crippen LogP contribution in [0.2, 0.25) is 0 Å². The average Bonchev–Trinajstić information content (AvgIpc) is 3.06. The molecule has 5 heteroatoms. The highest BCUT2D eigenvalue weighted by Crippen LogP contribution is 2.46. The van der Waals surface area contributed by atoms with Crippen molar-refractivity contribution in [1.82, 2.24) is 9.97 Å². The van der Waals surface area contributed by atoms with Crippen LogP contribution in [0.4, 0.5) is 0 Å². The molecule has 4 nitrogen and oxygen atoms in total. The van der Waals surface area contributed by atoms with Gasteiger partial charge in [0.05, 0.1) is 0 Å². The van der Waals surface area contributed by atoms with Crippen molar-refractivity contribution in [1.29, 1.82) is 0 Å². The lowest BCUT2D eigenvalue weighted by Gasteiger charge is -2.23. The summed E-state index contributed by atoms with van der Waals surface area (Å²) in [5.74, 6) is 0.715. The van der Waals surface area contributed by atoms with Gasteiger partial charge in [-0.3, -0.25) is 0 Å². The van der Waals surface area contributed by atoms with Gasteiger partial charge in [0, 0.05) is 11.3 Å². The van der Waals surface area contributed by atoms with E-state index in [4.69, 9.17) is 0 Å². The molecule has 98 valence electrons. The van der Waals surface area contributed by atoms with E-state index in [1.54, 1.807) is 11.3 Å². The Kier molecular flexibility index (Phi) is 2.39. The molecular formula is C14H14N2O2S. The first-order valence-electron chi connectivity index (χ1n) is 6.76. The van der Waals surface area contributed by atoms with Crippen LogP contribution in [0.25, 0.3) is 10.2 Å². The van der Waals surface area contributed by atoms with Crippen molar-refractivity contribution in [3.05, 3.63) is 22.5 Å². The molecule has 0 bridgehead atoms. The summed E-state index contributed by atoms with van der Waals surface area (Å²) in [5.41, 5.74) is 1.37. The molecular weight excluding hydrogens is 260 g/mol. The van der Waals surface area contributed by atoms with Gasteiger partial charge in [0.2, 0.25) is 0 Å². The standard InChI is InChI=1S/C14H14N2O2S/c17-14(18)11-10-9(7-4-5-7)6-19-13(10)16-12(15-11)8-2-1-3-8/h6-8H,1-5H2,(H,17,18). The van der Waals surface area contributed by atoms with Gasteiger partial charge in [-0.1, -0.05) is 6.42 Å². The lowest BCUT2D eigenvalue weighted by molar-refractivity contribution is 0.0692. The molecule has 2 saturated carbocycles. The minimum Gasteiger partial charge on any atom is -0.476 e. The molecule has 2 aromatic heterocycles. The highest BCUT2D eigenvalue weighted by molar-refractivity contribution is 7.17. The third-order valence-corrected chi connectivity index (χ3v) is 5.06. The molecule has 0 aliphatic heterocycles. The van der Waals surface area contributed by atoms with E-state index in [9.17, 15) is 9.90 Å². The van der Waals surface area contributed by atoms with Crippen LogP contribution in [0.3, 0.4) is 0 Å². The SMILES string of the molecule is O=C(O)c1nc(C2CCC2)nc2scc(C3CC3)c12. The number of carboxylic acid groups (broad SMARTS) is 1. The van der Waals surface area contributed by atoms with E-state index in [0.29, 0.717) is 11.8 Å². The highest BCUT2D eigenvalue weighted by atomic mass is 32.1. The lowest BCUT2D eigenvalue weighted by Crippen LogP contribution is -2.15. The number of nitrogens with zero attached hydrogens (tertiary/aromatic N) is 2. The lowest BCUT2D eigenvalue weighted by atomic mass is 9.85. The zero-order chi connectivity index (χ0) is 13.0. The van der Waals surface area contributed by atoms with Gasteiger partial charge in [-0.15, -0.1) is 11.3 Å². The van der Waals surface area contributed by atoms with Crippen molar-refractivity contribution in [2.75, 3.05) is 0 Å². The second-order valence-corrected chi connectivity index (χ2v) is 6.37. The summed E-state index contributed by atoms with van der Waals surface area (Å²) in [4.78, 5) is 21.3. The fraction of sp³-hybridized carbons (Fsp3) is 0.500. The molecule has 0 radical (unpaired) electrons. The van der Waals surface area contributed by atoms with Crippen molar-refractivity contribution in [3.8, 4) is 0 Å². The fourth-order valence-electron chi connectivity index (χ4n) is 2.68. The quantitative estimate of drug-likeness (QED) is 0.930. The highest BCUT2D eigenvalue weighted by Gasteiger charge is 2.31. The second kappa shape index (κ2) is 4.00. The zero-order valence-electron chi connectivity index (χ0n) is 10.4. The molecule has 2 aromatic rings. The normalized spacial score (nSPS) is 19.6. The van der Waals surface area contributed by atoms with Crippen LogP contribution in [-0.4, -0.2) is 21.0 Å². The van der Waals surface area contributed by atoms with Gasteiger partial charge in [0.15, 0.2) is 5.69 Å². The number of carboxylic acids is 1. The summed E-state index contributed by atoms with van der Waals surface area (Å²) >= 11 is 1.57. The predicted octanol–water partition coefficient (Wildman–Crippen LogP) is 3.53. The van der Waals surface area contributed by atoms with Crippen LogP contribution in [0.5, 0.6) is 0 Å². The Hall–Kier alpha value is -1.49. The molecule has 1 N–H and O–H groups in total. The maximum absolute atomic E-state index is 11.5. The third kappa shape index (κ3) is 1.75. The smallest absolute Gasteiger partial charge is 0.355 e. The van der Waals surface area contributed by atoms with E-state index in [2.05, 4.69) is 15.3 Å². The number of hydrogen-bond donors (Lipinski definition) is 1. The minimum atomic E-state index is -0.923. The molecule has 0 atom stereocenters. The second-order valence-electron chi connectivity index (χ2n) is 5.51. The Morgan fingerprint density at radius 1 is 1.21 bits per heavy atom. The molecule has 0 spiro atoms. The van der Waals surface area contributed by atoms with Gasteiger partial charge < -0.3 is 5.11 Å². The Morgan fingerprint density at radius 2 is 2.00 bits per heavy atom. The molecule has 0 saturated heterocycles. The van der Waals surface area contributed by atoms with Gasteiger partial charge in [0.1, 0.15) is 10.7 Å². The molecule has 2 aliphatic rings. The number of aromatic nitrogens is 2. The van der Waals surface area contributed by atoms with Crippen LogP contribution < -0.4 is 0 Å². The summed E-state index contributed by atoms with van der Waals surface area (Å²) in [5, 5.41) is 12.3. The van der Waals surface area contributed by atoms with Crippen molar-refractivity contribution >= 4 is 27.5 Å². The third-order valence-electron chi connectivity index (χ3n) is 4.17. The first kappa shape index (κ1) is 11.3. The number of aromatic carboxylic acids is 1. The zero-order valence-corrected chi connectivity index (χ0v) is 11.2. The van der Waals surface area contributed by atoms with Crippen LogP contribution in [0.1, 0.15) is 65.8 Å². The summed E-state index contributed by atoms with van der Waals surface area (Å²) in [6.45, 7) is 0. The number of carbonyl (C=O) groups is 1. The predicted molar refractivity (Wildman–Crippen MR) is 72.9 cm³/mol. The van der Waals surface area contributed by atoms with Crippen LogP contribution in [0, 0.1) is 0 Å². The van der Waals surface area contributed by atoms with E-state index in [-0.39, 0.29) is 5.69 Å². The summed E-state index contributed by atoms with van der Waals surface area (Å²) < 4.78 is 0. The van der Waals surface area contributed by atoms with Gasteiger partial charge in [-0.05, 0) is 42.5 Å². The van der Waals surface area contributed by atoms with Gasteiger partial charge in [-0.2, -0.15) is 0 Å². The first-order valence-corrected chi connectivity index (χ1v) is 7.64. The Balaban J connectivity index is 1.93. The van der Waals surface area contributed by atoms with Crippen LogP contribution >= 0.6 is 11.3 Å². The van der Waals surface area contributed by atoms with E-state index in [0.717, 1.165) is 47.3 Å². The number of thiophene rings is 1. The Morgan fingerprint density at radius 3 is 2.58 bits per heavy atom. The maximum Gasteiger partial charge on any atom is 0.355 e. The summed E-state index contributed by atoms with van der Waals surface area (Å²) in [6.07, 6.45) is 5.70. The van der Waals surface area contributed by atoms with Gasteiger partial charge in [0.25, 0.3) is 0 Å². The van der Waals surface area contributed by atoms with Gasteiger partial charge in [-0.25, -0.2) is 14.8 Å². The Bertz CT molecular complexity index is 671. The molecule has 4 rings (SSSR count). The number of fused-ring (bicyclic) bond motifs is 1. The number of rotatable bonds is 3. The van der Waals surface area contributed by atoms with E-state index in [1.807, 2.05) is 0 Å². The van der Waals surface area contributed by atoms with Crippen LogP contribution in [0.15, 0.2) is 5.38 Å². The molecule has 2 aliphatic carbocycles. The number of hydrogen-bond acceptors (Lipinski definition) is 4. The summed E-state index contributed by atoms with van der Waals surface area (Å²) in [6, 6.07) is 0. The van der Waals surface area contributed by atoms with E-state index in [1.165, 1.54) is 6.42 Å². The maximum atomic E-state index is 11.5. The Labute approximate surface area is 114 Å².